The first kappa shape index (κ1) is 17.7. The number of carbonyl (C=O) groups excluding carboxylic acids is 1. The molecule has 0 aromatic heterocycles. The number of hydrogen-bond acceptors (Lipinski definition) is 4. The van der Waals surface area contributed by atoms with Crippen LogP contribution in [0.25, 0.3) is 0 Å². The van der Waals surface area contributed by atoms with Gasteiger partial charge < -0.3 is 4.74 Å². The van der Waals surface area contributed by atoms with E-state index in [0.29, 0.717) is 5.69 Å². The van der Waals surface area contributed by atoms with Crippen molar-refractivity contribution in [3.8, 4) is 0 Å². The summed E-state index contributed by atoms with van der Waals surface area (Å²) in [6, 6.07) is 6.47. The van der Waals surface area contributed by atoms with Crippen LogP contribution in [-0.2, 0) is 4.74 Å². The molecule has 0 N–H and O–H groups in total. The number of carbonyl (C=O) groups is 1. The third kappa shape index (κ3) is 4.30. The summed E-state index contributed by atoms with van der Waals surface area (Å²) in [6.45, 7) is 0. The van der Waals surface area contributed by atoms with Gasteiger partial charge in [-0.1, -0.05) is 37.8 Å². The lowest BCUT2D eigenvalue weighted by atomic mass is 9.94. The average molecular weight is 346 g/mol. The van der Waals surface area contributed by atoms with Crippen molar-refractivity contribution in [3.63, 3.8) is 0 Å². The van der Waals surface area contributed by atoms with Gasteiger partial charge in [0.2, 0.25) is 0 Å². The highest BCUT2D eigenvalue weighted by Gasteiger charge is 2.34. The first-order valence-corrected chi connectivity index (χ1v) is 9.40. The van der Waals surface area contributed by atoms with Crippen LogP contribution in [0, 0.1) is 10.1 Å². The van der Waals surface area contributed by atoms with E-state index in [2.05, 4.69) is 0 Å². The maximum absolute atomic E-state index is 13.0. The van der Waals surface area contributed by atoms with Gasteiger partial charge in [0, 0.05) is 12.1 Å². The Bertz CT molecular complexity index is 607. The van der Waals surface area contributed by atoms with Crippen LogP contribution >= 0.6 is 0 Å². The summed E-state index contributed by atoms with van der Waals surface area (Å²) in [6.07, 6.45) is 9.60. The van der Waals surface area contributed by atoms with Gasteiger partial charge in [0.25, 0.3) is 5.69 Å². The zero-order chi connectivity index (χ0) is 17.6. The molecule has 3 rings (SSSR count). The van der Waals surface area contributed by atoms with Crippen molar-refractivity contribution < 1.29 is 14.5 Å². The molecule has 1 aromatic rings. The number of anilines is 1. The van der Waals surface area contributed by atoms with Crippen LogP contribution < -0.4 is 4.90 Å². The van der Waals surface area contributed by atoms with Crippen molar-refractivity contribution in [1.82, 2.24) is 0 Å². The minimum absolute atomic E-state index is 0.0223. The Labute approximate surface area is 148 Å². The molecule has 0 spiro atoms. The fraction of sp³-hybridized carbons (Fsp3) is 0.632. The maximum Gasteiger partial charge on any atom is 0.415 e. The Morgan fingerprint density at radius 3 is 2.24 bits per heavy atom. The summed E-state index contributed by atoms with van der Waals surface area (Å²) in [4.78, 5) is 25.6. The van der Waals surface area contributed by atoms with E-state index in [4.69, 9.17) is 4.74 Å². The molecule has 2 aliphatic rings. The summed E-state index contributed by atoms with van der Waals surface area (Å²) < 4.78 is 5.76. The Hall–Kier alpha value is -2.11. The van der Waals surface area contributed by atoms with Crippen molar-refractivity contribution in [1.29, 1.82) is 0 Å². The predicted octanol–water partition coefficient (Wildman–Crippen LogP) is 5.20. The number of para-hydroxylation sites is 2. The zero-order valence-electron chi connectivity index (χ0n) is 14.6. The van der Waals surface area contributed by atoms with Gasteiger partial charge in [0.1, 0.15) is 11.8 Å². The van der Waals surface area contributed by atoms with Crippen LogP contribution in [0.5, 0.6) is 0 Å². The van der Waals surface area contributed by atoms with E-state index < -0.39 is 11.0 Å². The molecule has 0 atom stereocenters. The lowest BCUT2D eigenvalue weighted by Crippen LogP contribution is -2.43. The second-order valence-electron chi connectivity index (χ2n) is 7.05. The molecule has 25 heavy (non-hydrogen) atoms. The van der Waals surface area contributed by atoms with Crippen molar-refractivity contribution >= 4 is 17.5 Å². The van der Waals surface area contributed by atoms with E-state index in [1.807, 2.05) is 0 Å². The van der Waals surface area contributed by atoms with Crippen molar-refractivity contribution in [2.45, 2.75) is 76.4 Å². The molecule has 0 saturated heterocycles. The lowest BCUT2D eigenvalue weighted by Gasteiger charge is -2.34. The molecule has 136 valence electrons. The monoisotopic (exact) mass is 346 g/mol. The topological polar surface area (TPSA) is 72.7 Å². The van der Waals surface area contributed by atoms with Crippen LogP contribution in [-0.4, -0.2) is 23.2 Å². The fourth-order valence-corrected chi connectivity index (χ4v) is 3.99. The van der Waals surface area contributed by atoms with Gasteiger partial charge in [-0.15, -0.1) is 0 Å². The van der Waals surface area contributed by atoms with Crippen LogP contribution in [0.2, 0.25) is 0 Å². The highest BCUT2D eigenvalue weighted by molar-refractivity contribution is 5.91. The van der Waals surface area contributed by atoms with Crippen LogP contribution in [0.15, 0.2) is 24.3 Å². The van der Waals surface area contributed by atoms with E-state index in [1.54, 1.807) is 23.1 Å². The standard InChI is InChI=1S/C19H26N2O4/c22-19(25-16-11-5-2-6-12-16)20(15-9-3-1-4-10-15)17-13-7-8-14-18(17)21(23)24/h7-8,13-16H,1-6,9-12H2. The first-order chi connectivity index (χ1) is 12.2. The van der Waals surface area contributed by atoms with Gasteiger partial charge in [-0.05, 0) is 44.6 Å². The van der Waals surface area contributed by atoms with Gasteiger partial charge >= 0.3 is 6.09 Å². The number of benzene rings is 1. The normalized spacial score (nSPS) is 19.4. The Kier molecular flexibility index (Phi) is 5.89. The van der Waals surface area contributed by atoms with Gasteiger partial charge in [0.05, 0.1) is 4.92 Å². The third-order valence-corrected chi connectivity index (χ3v) is 5.29. The number of hydrogen-bond donors (Lipinski definition) is 0. The highest BCUT2D eigenvalue weighted by Crippen LogP contribution is 2.35. The van der Waals surface area contributed by atoms with Gasteiger partial charge in [-0.3, -0.25) is 15.0 Å². The average Bonchev–Trinajstić information content (AvgIpc) is 2.64. The van der Waals surface area contributed by atoms with E-state index in [0.717, 1.165) is 57.8 Å². The third-order valence-electron chi connectivity index (χ3n) is 5.29. The predicted molar refractivity (Wildman–Crippen MR) is 95.8 cm³/mol. The number of ether oxygens (including phenoxy) is 1. The summed E-state index contributed by atoms with van der Waals surface area (Å²) in [5.74, 6) is 0. The fourth-order valence-electron chi connectivity index (χ4n) is 3.99. The van der Waals surface area contributed by atoms with Crippen molar-refractivity contribution in [2.24, 2.45) is 0 Å². The van der Waals surface area contributed by atoms with E-state index in [1.165, 1.54) is 12.5 Å². The van der Waals surface area contributed by atoms with Crippen molar-refractivity contribution in [2.75, 3.05) is 4.90 Å². The molecular weight excluding hydrogens is 320 g/mol. The van der Waals surface area contributed by atoms with Crippen LogP contribution in [0.4, 0.5) is 16.2 Å². The Morgan fingerprint density at radius 1 is 1.00 bits per heavy atom. The minimum Gasteiger partial charge on any atom is -0.446 e. The van der Waals surface area contributed by atoms with E-state index in [9.17, 15) is 14.9 Å². The smallest absolute Gasteiger partial charge is 0.415 e. The number of nitro benzene ring substituents is 1. The molecule has 2 saturated carbocycles. The van der Waals surface area contributed by atoms with Crippen molar-refractivity contribution in [3.05, 3.63) is 34.4 Å². The number of nitrogens with zero attached hydrogens (tertiary/aromatic N) is 2. The van der Waals surface area contributed by atoms with Gasteiger partial charge in [-0.25, -0.2) is 4.79 Å². The van der Waals surface area contributed by atoms with Crippen LogP contribution in [0.3, 0.4) is 0 Å². The second kappa shape index (κ2) is 8.32. The minimum atomic E-state index is -0.423. The summed E-state index contributed by atoms with van der Waals surface area (Å²) in [5.41, 5.74) is 0.328. The molecule has 0 heterocycles. The number of nitro groups is 1. The van der Waals surface area contributed by atoms with Gasteiger partial charge in [0.15, 0.2) is 0 Å². The zero-order valence-corrected chi connectivity index (χ0v) is 14.6. The number of amides is 1. The van der Waals surface area contributed by atoms with E-state index >= 15 is 0 Å². The number of rotatable bonds is 4. The lowest BCUT2D eigenvalue weighted by molar-refractivity contribution is -0.384. The molecular formula is C19H26N2O4. The maximum atomic E-state index is 13.0. The molecule has 2 aliphatic carbocycles. The molecule has 0 radical (unpaired) electrons. The van der Waals surface area contributed by atoms with E-state index in [-0.39, 0.29) is 17.8 Å². The van der Waals surface area contributed by atoms with Crippen LogP contribution in [0.1, 0.15) is 64.2 Å². The molecule has 0 aliphatic heterocycles. The summed E-state index contributed by atoms with van der Waals surface area (Å²) in [5, 5.41) is 11.4. The first-order valence-electron chi connectivity index (χ1n) is 9.40. The Balaban J connectivity index is 1.86. The molecule has 0 unspecified atom stereocenters. The molecule has 2 fully saturated rings. The Morgan fingerprint density at radius 2 is 1.60 bits per heavy atom. The molecule has 6 nitrogen and oxygen atoms in total. The summed E-state index contributed by atoms with van der Waals surface area (Å²) >= 11 is 0. The molecule has 1 amide bonds. The highest BCUT2D eigenvalue weighted by atomic mass is 16.6. The molecule has 0 bridgehead atoms. The second-order valence-corrected chi connectivity index (χ2v) is 7.05. The molecule has 6 heteroatoms. The quantitative estimate of drug-likeness (QED) is 0.554. The molecule has 1 aromatic carbocycles. The SMILES string of the molecule is O=C(OC1CCCCC1)N(c1ccccc1[N+](=O)[O-])C1CCCCC1. The van der Waals surface area contributed by atoms with Gasteiger partial charge in [-0.2, -0.15) is 0 Å². The summed E-state index contributed by atoms with van der Waals surface area (Å²) in [7, 11) is 0. The largest absolute Gasteiger partial charge is 0.446 e.